The van der Waals surface area contributed by atoms with Crippen LogP contribution in [0.3, 0.4) is 0 Å². The van der Waals surface area contributed by atoms with Crippen LogP contribution in [0.2, 0.25) is 0 Å². The predicted octanol–water partition coefficient (Wildman–Crippen LogP) is 8.30. The summed E-state index contributed by atoms with van der Waals surface area (Å²) in [5.74, 6) is 0.636. The van der Waals surface area contributed by atoms with Gasteiger partial charge in [0.05, 0.1) is 6.61 Å². The molecule has 0 N–H and O–H groups in total. The highest BCUT2D eigenvalue weighted by Gasteiger charge is 2.22. The highest BCUT2D eigenvalue weighted by atomic mass is 16.7. The molecule has 162 valence electrons. The molecule has 0 unspecified atom stereocenters. The fourth-order valence-electron chi connectivity index (χ4n) is 3.64. The summed E-state index contributed by atoms with van der Waals surface area (Å²) in [6.07, 6.45) is 18.1. The molecule has 0 bridgehead atoms. The molecule has 0 atom stereocenters. The number of hydrogen-bond donors (Lipinski definition) is 0. The van der Waals surface area contributed by atoms with Crippen LogP contribution in [0.1, 0.15) is 125 Å². The average molecular weight is 385 g/mol. The first-order valence-electron chi connectivity index (χ1n) is 11.8. The average Bonchev–Trinajstić information content (AvgIpc) is 2.62. The van der Waals surface area contributed by atoms with Gasteiger partial charge < -0.3 is 9.47 Å². The number of carbonyl (C=O) groups excluding carboxylic acids is 1. The molecule has 0 rings (SSSR count). The molecule has 0 saturated heterocycles. The maximum Gasteiger partial charge on any atom is 0.508 e. The van der Waals surface area contributed by atoms with Crippen molar-refractivity contribution < 1.29 is 14.3 Å². The van der Waals surface area contributed by atoms with Crippen LogP contribution in [0.25, 0.3) is 0 Å². The smallest absolute Gasteiger partial charge is 0.434 e. The first-order valence-corrected chi connectivity index (χ1v) is 11.8. The fourth-order valence-corrected chi connectivity index (χ4v) is 3.64. The lowest BCUT2D eigenvalue weighted by Gasteiger charge is -2.24. The Hall–Kier alpha value is -0.730. The summed E-state index contributed by atoms with van der Waals surface area (Å²) < 4.78 is 10.7. The zero-order valence-electron chi connectivity index (χ0n) is 19.1. The van der Waals surface area contributed by atoms with Gasteiger partial charge >= 0.3 is 6.16 Å². The second kappa shape index (κ2) is 18.6. The van der Waals surface area contributed by atoms with E-state index in [0.29, 0.717) is 18.4 Å². The fraction of sp³-hybridized carbons (Fsp3) is 0.958. The number of carbonyl (C=O) groups is 1. The lowest BCUT2D eigenvalue weighted by atomic mass is 9.96. The van der Waals surface area contributed by atoms with Crippen molar-refractivity contribution in [3.63, 3.8) is 0 Å². The minimum atomic E-state index is -0.503. The van der Waals surface area contributed by atoms with Crippen molar-refractivity contribution >= 4 is 6.16 Å². The van der Waals surface area contributed by atoms with E-state index in [2.05, 4.69) is 34.6 Å². The van der Waals surface area contributed by atoms with Gasteiger partial charge in [-0.25, -0.2) is 4.79 Å². The Kier molecular flexibility index (Phi) is 18.1. The van der Waals surface area contributed by atoms with Crippen LogP contribution in [0.15, 0.2) is 0 Å². The third kappa shape index (κ3) is 17.1. The molecule has 0 saturated carbocycles. The van der Waals surface area contributed by atoms with Gasteiger partial charge in [-0.2, -0.15) is 0 Å². The highest BCUT2D eigenvalue weighted by molar-refractivity contribution is 5.60. The van der Waals surface area contributed by atoms with E-state index in [1.807, 2.05) is 0 Å². The highest BCUT2D eigenvalue weighted by Crippen LogP contribution is 2.17. The standard InChI is InChI=1S/C24H48O3/c1-6-7-8-9-10-11-12-13-14-15-16-17-18-19-20-26-24(25)27-23(21(2)3)22(4)5/h21-23H,6-20H2,1-5H3. The van der Waals surface area contributed by atoms with Crippen molar-refractivity contribution in [2.75, 3.05) is 6.61 Å². The monoisotopic (exact) mass is 384 g/mol. The van der Waals surface area contributed by atoms with Crippen molar-refractivity contribution in [2.45, 2.75) is 131 Å². The molecule has 0 aliphatic rings. The molecule has 27 heavy (non-hydrogen) atoms. The van der Waals surface area contributed by atoms with E-state index in [-0.39, 0.29) is 6.10 Å². The van der Waals surface area contributed by atoms with Crippen LogP contribution in [0.5, 0.6) is 0 Å². The molecule has 0 aliphatic heterocycles. The summed E-state index contributed by atoms with van der Waals surface area (Å²) in [5, 5.41) is 0. The summed E-state index contributed by atoms with van der Waals surface area (Å²) in [6, 6.07) is 0. The topological polar surface area (TPSA) is 35.5 Å². The van der Waals surface area contributed by atoms with Gasteiger partial charge in [0, 0.05) is 0 Å². The number of hydrogen-bond acceptors (Lipinski definition) is 3. The van der Waals surface area contributed by atoms with E-state index < -0.39 is 6.16 Å². The Morgan fingerprint density at radius 1 is 0.630 bits per heavy atom. The molecule has 0 spiro atoms. The van der Waals surface area contributed by atoms with Crippen molar-refractivity contribution in [2.24, 2.45) is 11.8 Å². The third-order valence-electron chi connectivity index (χ3n) is 5.26. The summed E-state index contributed by atoms with van der Waals surface area (Å²) >= 11 is 0. The van der Waals surface area contributed by atoms with E-state index in [4.69, 9.17) is 9.47 Å². The second-order valence-electron chi connectivity index (χ2n) is 8.77. The molecule has 0 radical (unpaired) electrons. The summed E-state index contributed by atoms with van der Waals surface area (Å²) in [7, 11) is 0. The summed E-state index contributed by atoms with van der Waals surface area (Å²) in [5.41, 5.74) is 0. The lowest BCUT2D eigenvalue weighted by Crippen LogP contribution is -2.29. The molecule has 0 amide bonds. The normalized spacial score (nSPS) is 11.6. The van der Waals surface area contributed by atoms with E-state index in [9.17, 15) is 4.79 Å². The van der Waals surface area contributed by atoms with Gasteiger partial charge in [-0.1, -0.05) is 118 Å². The first-order chi connectivity index (χ1) is 13.0. The van der Waals surface area contributed by atoms with Crippen molar-refractivity contribution in [3.8, 4) is 0 Å². The molecule has 3 nitrogen and oxygen atoms in total. The van der Waals surface area contributed by atoms with Crippen LogP contribution in [0.4, 0.5) is 4.79 Å². The molecular formula is C24H48O3. The Morgan fingerprint density at radius 2 is 1.00 bits per heavy atom. The molecule has 0 aromatic heterocycles. The number of ether oxygens (including phenoxy) is 2. The largest absolute Gasteiger partial charge is 0.508 e. The van der Waals surface area contributed by atoms with E-state index in [1.54, 1.807) is 0 Å². The summed E-state index contributed by atoms with van der Waals surface area (Å²) in [4.78, 5) is 11.8. The minimum Gasteiger partial charge on any atom is -0.434 e. The van der Waals surface area contributed by atoms with Gasteiger partial charge in [-0.05, 0) is 18.3 Å². The van der Waals surface area contributed by atoms with Gasteiger partial charge in [0.15, 0.2) is 0 Å². The van der Waals surface area contributed by atoms with Gasteiger partial charge in [0.1, 0.15) is 6.10 Å². The van der Waals surface area contributed by atoms with Gasteiger partial charge in [-0.15, -0.1) is 0 Å². The number of rotatable bonds is 18. The Balaban J connectivity index is 3.34. The first kappa shape index (κ1) is 26.3. The van der Waals surface area contributed by atoms with Crippen molar-refractivity contribution in [1.82, 2.24) is 0 Å². The quantitative estimate of drug-likeness (QED) is 0.176. The molecule has 3 heteroatoms. The SMILES string of the molecule is CCCCCCCCCCCCCCCCOC(=O)OC(C(C)C)C(C)C. The predicted molar refractivity (Wildman–Crippen MR) is 116 cm³/mol. The van der Waals surface area contributed by atoms with Crippen LogP contribution in [0, 0.1) is 11.8 Å². The van der Waals surface area contributed by atoms with Crippen LogP contribution in [-0.2, 0) is 9.47 Å². The third-order valence-corrected chi connectivity index (χ3v) is 5.26. The Bertz CT molecular complexity index is 318. The molecule has 0 heterocycles. The minimum absolute atomic E-state index is 0.0613. The lowest BCUT2D eigenvalue weighted by molar-refractivity contribution is -0.0110. The van der Waals surface area contributed by atoms with Crippen LogP contribution >= 0.6 is 0 Å². The second-order valence-corrected chi connectivity index (χ2v) is 8.77. The van der Waals surface area contributed by atoms with Crippen LogP contribution < -0.4 is 0 Å². The maximum atomic E-state index is 11.8. The molecular weight excluding hydrogens is 336 g/mol. The molecule has 0 aromatic carbocycles. The van der Waals surface area contributed by atoms with Crippen LogP contribution in [-0.4, -0.2) is 18.9 Å². The molecule has 0 fully saturated rings. The maximum absolute atomic E-state index is 11.8. The summed E-state index contributed by atoms with van der Waals surface area (Å²) in [6.45, 7) is 11.1. The van der Waals surface area contributed by atoms with Crippen molar-refractivity contribution in [1.29, 1.82) is 0 Å². The zero-order valence-corrected chi connectivity index (χ0v) is 19.1. The van der Waals surface area contributed by atoms with Gasteiger partial charge in [0.25, 0.3) is 0 Å². The van der Waals surface area contributed by atoms with E-state index in [1.165, 1.54) is 77.0 Å². The molecule has 0 aliphatic carbocycles. The Labute approximate surface area is 170 Å². The zero-order chi connectivity index (χ0) is 20.3. The van der Waals surface area contributed by atoms with Gasteiger partial charge in [-0.3, -0.25) is 0 Å². The number of unbranched alkanes of at least 4 members (excludes halogenated alkanes) is 13. The van der Waals surface area contributed by atoms with E-state index in [0.717, 1.165) is 12.8 Å². The molecule has 0 aromatic rings. The Morgan fingerprint density at radius 3 is 1.37 bits per heavy atom. The van der Waals surface area contributed by atoms with E-state index >= 15 is 0 Å². The van der Waals surface area contributed by atoms with Crippen molar-refractivity contribution in [3.05, 3.63) is 0 Å². The van der Waals surface area contributed by atoms with Gasteiger partial charge in [0.2, 0.25) is 0 Å².